The van der Waals surface area contributed by atoms with E-state index in [1.54, 1.807) is 0 Å². The number of sulfone groups is 1. The molecule has 2 aromatic rings. The summed E-state index contributed by atoms with van der Waals surface area (Å²) >= 11 is 0. The van der Waals surface area contributed by atoms with E-state index in [9.17, 15) is 18.0 Å². The van der Waals surface area contributed by atoms with Gasteiger partial charge in [-0.2, -0.15) is 5.10 Å². The minimum absolute atomic E-state index is 0.0567. The lowest BCUT2D eigenvalue weighted by atomic mass is 9.99. The highest BCUT2D eigenvalue weighted by atomic mass is 32.2. The summed E-state index contributed by atoms with van der Waals surface area (Å²) in [6, 6.07) is 7.28. The highest BCUT2D eigenvalue weighted by Gasteiger charge is 2.39. The van der Waals surface area contributed by atoms with Gasteiger partial charge in [0, 0.05) is 26.4 Å². The molecular weight excluding hydrogens is 430 g/mol. The van der Waals surface area contributed by atoms with Crippen molar-refractivity contribution in [3.8, 4) is 0 Å². The van der Waals surface area contributed by atoms with Crippen molar-refractivity contribution in [2.24, 2.45) is 12.1 Å². The Morgan fingerprint density at radius 1 is 1.12 bits per heavy atom. The van der Waals surface area contributed by atoms with E-state index < -0.39 is 15.9 Å². The number of imidazole rings is 1. The Bertz CT molecular complexity index is 1220. The molecule has 0 saturated carbocycles. The predicted molar refractivity (Wildman–Crippen MR) is 120 cm³/mol. The van der Waals surface area contributed by atoms with Crippen molar-refractivity contribution in [1.82, 2.24) is 19.5 Å². The third-order valence-electron chi connectivity index (χ3n) is 6.74. The van der Waals surface area contributed by atoms with Gasteiger partial charge < -0.3 is 9.47 Å². The van der Waals surface area contributed by atoms with Crippen LogP contribution in [0.25, 0.3) is 11.0 Å². The van der Waals surface area contributed by atoms with Crippen LogP contribution in [0.4, 0.5) is 0 Å². The van der Waals surface area contributed by atoms with Crippen LogP contribution >= 0.6 is 0 Å². The van der Waals surface area contributed by atoms with Crippen molar-refractivity contribution >= 4 is 38.4 Å². The molecule has 32 heavy (non-hydrogen) atoms. The number of nitrogens with zero attached hydrogens (tertiary/aromatic N) is 5. The summed E-state index contributed by atoms with van der Waals surface area (Å²) in [7, 11) is -1.19. The predicted octanol–water partition coefficient (Wildman–Crippen LogP) is 1.79. The zero-order valence-corrected chi connectivity index (χ0v) is 18.9. The molecule has 3 aliphatic rings. The van der Waals surface area contributed by atoms with Crippen molar-refractivity contribution in [3.05, 3.63) is 30.1 Å². The highest BCUT2D eigenvalue weighted by Crippen LogP contribution is 2.33. The maximum Gasteiger partial charge on any atom is 0.270 e. The first-order valence-electron chi connectivity index (χ1n) is 11.2. The molecular formula is C22H27N5O4S. The standard InChI is InChI=1S/C22H27N5O4S/c1-25-18-7-3-2-6-16(18)23-21(25)19-8-4-5-12-26(19)22(29)17-9-10-20(28)27(24-17)15-11-13-32(30,31)14-15/h2-3,6-7,15,19H,4-5,8-14H2,1H3/t15-,19-/m1/s1. The first-order valence-corrected chi connectivity index (χ1v) is 13.0. The lowest BCUT2D eigenvalue weighted by Gasteiger charge is -2.36. The molecule has 2 saturated heterocycles. The van der Waals surface area contributed by atoms with E-state index in [0.29, 0.717) is 18.7 Å². The van der Waals surface area contributed by atoms with Gasteiger partial charge in [-0.1, -0.05) is 12.1 Å². The second-order valence-electron chi connectivity index (χ2n) is 8.87. The molecule has 4 heterocycles. The highest BCUT2D eigenvalue weighted by molar-refractivity contribution is 7.91. The van der Waals surface area contributed by atoms with E-state index in [-0.39, 0.29) is 42.2 Å². The van der Waals surface area contributed by atoms with Gasteiger partial charge in [-0.05, 0) is 37.8 Å². The van der Waals surface area contributed by atoms with Crippen molar-refractivity contribution in [2.45, 2.75) is 50.6 Å². The van der Waals surface area contributed by atoms with Gasteiger partial charge in [0.25, 0.3) is 5.91 Å². The van der Waals surface area contributed by atoms with Gasteiger partial charge in [-0.25, -0.2) is 18.4 Å². The van der Waals surface area contributed by atoms with Crippen LogP contribution in [0.5, 0.6) is 0 Å². The summed E-state index contributed by atoms with van der Waals surface area (Å²) in [5.41, 5.74) is 2.26. The third kappa shape index (κ3) is 3.70. The number of aryl methyl sites for hydroxylation is 1. The minimum Gasteiger partial charge on any atom is -0.329 e. The molecule has 0 spiro atoms. The van der Waals surface area contributed by atoms with Crippen LogP contribution in [0.3, 0.4) is 0 Å². The Morgan fingerprint density at radius 2 is 1.94 bits per heavy atom. The number of hydrogen-bond acceptors (Lipinski definition) is 6. The van der Waals surface area contributed by atoms with E-state index in [1.165, 1.54) is 5.01 Å². The van der Waals surface area contributed by atoms with E-state index in [4.69, 9.17) is 4.98 Å². The maximum absolute atomic E-state index is 13.6. The first kappa shape index (κ1) is 21.1. The maximum atomic E-state index is 13.6. The quantitative estimate of drug-likeness (QED) is 0.699. The molecule has 0 radical (unpaired) electrons. The molecule has 0 aliphatic carbocycles. The SMILES string of the molecule is Cn1c([C@H]2CCCCN2C(=O)C2=NN([C@@H]3CCS(=O)(=O)C3)C(=O)CC2)nc2ccccc21. The summed E-state index contributed by atoms with van der Waals surface area (Å²) in [6.45, 7) is 0.609. The van der Waals surface area contributed by atoms with Gasteiger partial charge >= 0.3 is 0 Å². The van der Waals surface area contributed by atoms with Gasteiger partial charge in [0.2, 0.25) is 5.91 Å². The summed E-state index contributed by atoms with van der Waals surface area (Å²) in [5, 5.41) is 5.66. The molecule has 2 atom stereocenters. The molecule has 0 N–H and O–H groups in total. The fraction of sp³-hybridized carbons (Fsp3) is 0.545. The number of piperidine rings is 1. The number of rotatable bonds is 3. The molecule has 5 rings (SSSR count). The average molecular weight is 458 g/mol. The molecule has 2 amide bonds. The Morgan fingerprint density at radius 3 is 2.69 bits per heavy atom. The average Bonchev–Trinajstić information content (AvgIpc) is 3.33. The number of benzene rings is 1. The molecule has 1 aromatic carbocycles. The first-order chi connectivity index (χ1) is 15.3. The van der Waals surface area contributed by atoms with Gasteiger partial charge in [0.15, 0.2) is 9.84 Å². The van der Waals surface area contributed by atoms with Crippen LogP contribution in [-0.4, -0.2) is 69.5 Å². The number of fused-ring (bicyclic) bond motifs is 1. The van der Waals surface area contributed by atoms with Crippen LogP contribution in [0.15, 0.2) is 29.4 Å². The van der Waals surface area contributed by atoms with Gasteiger partial charge in [0.1, 0.15) is 11.5 Å². The molecule has 10 heteroatoms. The summed E-state index contributed by atoms with van der Waals surface area (Å²) in [4.78, 5) is 32.7. The Balaban J connectivity index is 1.44. The number of likely N-dealkylation sites (tertiary alicyclic amines) is 1. The van der Waals surface area contributed by atoms with Crippen LogP contribution in [-0.2, 0) is 26.5 Å². The third-order valence-corrected chi connectivity index (χ3v) is 8.49. The number of para-hydroxylation sites is 2. The van der Waals surface area contributed by atoms with E-state index in [2.05, 4.69) is 5.10 Å². The van der Waals surface area contributed by atoms with Gasteiger partial charge in [-0.15, -0.1) is 0 Å². The topological polar surface area (TPSA) is 105 Å². The van der Waals surface area contributed by atoms with Crippen LogP contribution < -0.4 is 0 Å². The molecule has 1 aromatic heterocycles. The zero-order valence-electron chi connectivity index (χ0n) is 18.1. The second-order valence-corrected chi connectivity index (χ2v) is 11.1. The van der Waals surface area contributed by atoms with Crippen LogP contribution in [0.1, 0.15) is 50.4 Å². The summed E-state index contributed by atoms with van der Waals surface area (Å²) in [5.74, 6) is 0.427. The Hall–Kier alpha value is -2.75. The van der Waals surface area contributed by atoms with Gasteiger partial charge in [0.05, 0.1) is 34.6 Å². The van der Waals surface area contributed by atoms with Crippen molar-refractivity contribution in [3.63, 3.8) is 0 Å². The number of amides is 2. The summed E-state index contributed by atoms with van der Waals surface area (Å²) in [6.07, 6.45) is 3.55. The monoisotopic (exact) mass is 457 g/mol. The zero-order chi connectivity index (χ0) is 22.5. The van der Waals surface area contributed by atoms with Crippen LogP contribution in [0, 0.1) is 0 Å². The van der Waals surface area contributed by atoms with E-state index in [0.717, 1.165) is 36.1 Å². The molecule has 9 nitrogen and oxygen atoms in total. The minimum atomic E-state index is -3.16. The smallest absolute Gasteiger partial charge is 0.270 e. The fourth-order valence-corrected chi connectivity index (χ4v) is 6.74. The normalized spacial score (nSPS) is 25.9. The molecule has 0 bridgehead atoms. The van der Waals surface area contributed by atoms with Gasteiger partial charge in [-0.3, -0.25) is 9.59 Å². The van der Waals surface area contributed by atoms with E-state index >= 15 is 0 Å². The number of carbonyl (C=O) groups is 2. The molecule has 170 valence electrons. The fourth-order valence-electron chi connectivity index (χ4n) is 5.05. The number of carbonyl (C=O) groups excluding carboxylic acids is 2. The number of hydrazone groups is 1. The van der Waals surface area contributed by atoms with E-state index in [1.807, 2.05) is 40.8 Å². The lowest BCUT2D eigenvalue weighted by Crippen LogP contribution is -2.47. The van der Waals surface area contributed by atoms with Crippen LogP contribution in [0.2, 0.25) is 0 Å². The van der Waals surface area contributed by atoms with Crippen molar-refractivity contribution < 1.29 is 18.0 Å². The number of aromatic nitrogens is 2. The number of hydrogen-bond donors (Lipinski definition) is 0. The molecule has 2 fully saturated rings. The summed E-state index contributed by atoms with van der Waals surface area (Å²) < 4.78 is 25.8. The molecule has 0 unspecified atom stereocenters. The van der Waals surface area contributed by atoms with Crippen molar-refractivity contribution in [1.29, 1.82) is 0 Å². The largest absolute Gasteiger partial charge is 0.329 e. The Labute approximate surface area is 187 Å². The second kappa shape index (κ2) is 7.99. The lowest BCUT2D eigenvalue weighted by molar-refractivity contribution is -0.134. The van der Waals surface area contributed by atoms with Crippen molar-refractivity contribution in [2.75, 3.05) is 18.1 Å². The Kier molecular flexibility index (Phi) is 5.27. The molecule has 3 aliphatic heterocycles.